The minimum atomic E-state index is -0.0868. The number of thioether (sulfide) groups is 1. The second-order valence-electron chi connectivity index (χ2n) is 2.64. The lowest BCUT2D eigenvalue weighted by Crippen LogP contribution is -2.06. The van der Waals surface area contributed by atoms with Gasteiger partial charge in [0.05, 0.1) is 0 Å². The number of carbonyl (C=O) groups is 1. The number of benzene rings is 1. The van der Waals surface area contributed by atoms with E-state index in [9.17, 15) is 4.79 Å². The SMILES string of the molecule is CSc1ccc(NC(C)=O)cc1N. The molecule has 0 atom stereocenters. The smallest absolute Gasteiger partial charge is 0.221 e. The third-order valence-electron chi connectivity index (χ3n) is 1.55. The van der Waals surface area contributed by atoms with Gasteiger partial charge in [0.15, 0.2) is 0 Å². The lowest BCUT2D eigenvalue weighted by molar-refractivity contribution is -0.114. The molecule has 0 bridgehead atoms. The Hall–Kier alpha value is -1.16. The third-order valence-corrected chi connectivity index (χ3v) is 2.36. The second-order valence-corrected chi connectivity index (χ2v) is 3.49. The number of carbonyl (C=O) groups excluding carboxylic acids is 1. The molecule has 1 amide bonds. The molecule has 0 aliphatic rings. The summed E-state index contributed by atoms with van der Waals surface area (Å²) in [6.07, 6.45) is 1.96. The molecule has 0 heterocycles. The van der Waals surface area contributed by atoms with Crippen LogP contribution >= 0.6 is 11.8 Å². The molecule has 0 saturated carbocycles. The number of amides is 1. The summed E-state index contributed by atoms with van der Waals surface area (Å²) in [7, 11) is 0. The number of nitrogens with one attached hydrogen (secondary N) is 1. The van der Waals surface area contributed by atoms with Crippen LogP contribution in [0.25, 0.3) is 0 Å². The molecule has 3 N–H and O–H groups in total. The lowest BCUT2D eigenvalue weighted by Gasteiger charge is -2.05. The molecule has 4 heteroatoms. The van der Waals surface area contributed by atoms with E-state index in [0.29, 0.717) is 5.69 Å². The van der Waals surface area contributed by atoms with Crippen molar-refractivity contribution < 1.29 is 4.79 Å². The second kappa shape index (κ2) is 4.18. The third kappa shape index (κ3) is 2.66. The molecule has 0 aliphatic carbocycles. The number of rotatable bonds is 2. The van der Waals surface area contributed by atoms with Gasteiger partial charge in [0.25, 0.3) is 0 Å². The molecule has 0 radical (unpaired) electrons. The van der Waals surface area contributed by atoms with Gasteiger partial charge in [-0.05, 0) is 24.5 Å². The van der Waals surface area contributed by atoms with Gasteiger partial charge in [-0.2, -0.15) is 0 Å². The van der Waals surface area contributed by atoms with Gasteiger partial charge >= 0.3 is 0 Å². The van der Waals surface area contributed by atoms with Gasteiger partial charge in [-0.1, -0.05) is 0 Å². The molecule has 1 rings (SSSR count). The van der Waals surface area contributed by atoms with E-state index < -0.39 is 0 Å². The van der Waals surface area contributed by atoms with E-state index in [1.54, 1.807) is 17.8 Å². The van der Waals surface area contributed by atoms with Crippen molar-refractivity contribution in [3.63, 3.8) is 0 Å². The average Bonchev–Trinajstić information content (AvgIpc) is 2.03. The maximum absolute atomic E-state index is 10.7. The van der Waals surface area contributed by atoms with Crippen molar-refractivity contribution in [1.29, 1.82) is 0 Å². The van der Waals surface area contributed by atoms with Gasteiger partial charge < -0.3 is 11.1 Å². The maximum Gasteiger partial charge on any atom is 0.221 e. The number of nitrogen functional groups attached to an aromatic ring is 1. The molecule has 0 aromatic heterocycles. The average molecular weight is 196 g/mol. The molecule has 0 aliphatic heterocycles. The molecule has 0 saturated heterocycles. The first-order valence-corrected chi connectivity index (χ1v) is 5.07. The molecule has 0 spiro atoms. The van der Waals surface area contributed by atoms with Crippen LogP contribution < -0.4 is 11.1 Å². The molecule has 70 valence electrons. The highest BCUT2D eigenvalue weighted by Crippen LogP contribution is 2.25. The summed E-state index contributed by atoms with van der Waals surface area (Å²) in [5.74, 6) is -0.0868. The van der Waals surface area contributed by atoms with Crippen molar-refractivity contribution in [2.24, 2.45) is 0 Å². The fraction of sp³-hybridized carbons (Fsp3) is 0.222. The van der Waals surface area contributed by atoms with Crippen molar-refractivity contribution >= 4 is 29.0 Å². The summed E-state index contributed by atoms with van der Waals surface area (Å²) in [5.41, 5.74) is 7.17. The van der Waals surface area contributed by atoms with E-state index in [2.05, 4.69) is 5.32 Å². The molecule has 0 unspecified atom stereocenters. The number of anilines is 2. The van der Waals surface area contributed by atoms with Gasteiger partial charge in [-0.3, -0.25) is 4.79 Å². The van der Waals surface area contributed by atoms with E-state index in [-0.39, 0.29) is 5.91 Å². The normalized spacial score (nSPS) is 9.69. The highest BCUT2D eigenvalue weighted by Gasteiger charge is 2.00. The summed E-state index contributed by atoms with van der Waals surface area (Å²) < 4.78 is 0. The first-order valence-electron chi connectivity index (χ1n) is 3.84. The number of nitrogens with two attached hydrogens (primary N) is 1. The van der Waals surface area contributed by atoms with Crippen LogP contribution in [-0.2, 0) is 4.79 Å². The fourth-order valence-electron chi connectivity index (χ4n) is 1.02. The lowest BCUT2D eigenvalue weighted by atomic mass is 10.3. The summed E-state index contributed by atoms with van der Waals surface area (Å²) in [5, 5.41) is 2.67. The van der Waals surface area contributed by atoms with Crippen LogP contribution in [-0.4, -0.2) is 12.2 Å². The summed E-state index contributed by atoms with van der Waals surface area (Å²) in [6, 6.07) is 5.49. The van der Waals surface area contributed by atoms with Crippen LogP contribution in [0.1, 0.15) is 6.92 Å². The van der Waals surface area contributed by atoms with Crippen molar-refractivity contribution in [3.05, 3.63) is 18.2 Å². The molecule has 1 aromatic rings. The zero-order valence-corrected chi connectivity index (χ0v) is 8.44. The van der Waals surface area contributed by atoms with Crippen LogP contribution in [0.15, 0.2) is 23.1 Å². The Bertz CT molecular complexity index is 325. The summed E-state index contributed by atoms with van der Waals surface area (Å²) in [6.45, 7) is 1.47. The van der Waals surface area contributed by atoms with Gasteiger partial charge in [0, 0.05) is 23.2 Å². The van der Waals surface area contributed by atoms with Crippen molar-refractivity contribution in [1.82, 2.24) is 0 Å². The predicted octanol–water partition coefficient (Wildman–Crippen LogP) is 1.95. The highest BCUT2D eigenvalue weighted by atomic mass is 32.2. The monoisotopic (exact) mass is 196 g/mol. The molecule has 0 fully saturated rings. The Labute approximate surface area is 81.7 Å². The van der Waals surface area contributed by atoms with E-state index >= 15 is 0 Å². The van der Waals surface area contributed by atoms with Crippen LogP contribution in [0, 0.1) is 0 Å². The Morgan fingerprint density at radius 3 is 2.69 bits per heavy atom. The molecular formula is C9H12N2OS. The Morgan fingerprint density at radius 2 is 2.23 bits per heavy atom. The minimum Gasteiger partial charge on any atom is -0.398 e. The zero-order chi connectivity index (χ0) is 9.84. The molecule has 3 nitrogen and oxygen atoms in total. The van der Waals surface area contributed by atoms with Gasteiger partial charge in [-0.15, -0.1) is 11.8 Å². The highest BCUT2D eigenvalue weighted by molar-refractivity contribution is 7.98. The van der Waals surface area contributed by atoms with E-state index in [1.807, 2.05) is 18.4 Å². The first kappa shape index (κ1) is 9.92. The molecule has 13 heavy (non-hydrogen) atoms. The number of hydrogen-bond acceptors (Lipinski definition) is 3. The van der Waals surface area contributed by atoms with E-state index in [0.717, 1.165) is 10.6 Å². The maximum atomic E-state index is 10.7. The van der Waals surface area contributed by atoms with Gasteiger partial charge in [-0.25, -0.2) is 0 Å². The Balaban J connectivity index is 2.89. The fourth-order valence-corrected chi connectivity index (χ4v) is 1.51. The van der Waals surface area contributed by atoms with Crippen LogP contribution in [0.3, 0.4) is 0 Å². The van der Waals surface area contributed by atoms with E-state index in [4.69, 9.17) is 5.73 Å². The van der Waals surface area contributed by atoms with Gasteiger partial charge in [0.2, 0.25) is 5.91 Å². The van der Waals surface area contributed by atoms with Crippen LogP contribution in [0.4, 0.5) is 11.4 Å². The van der Waals surface area contributed by atoms with Crippen molar-refractivity contribution in [2.75, 3.05) is 17.3 Å². The van der Waals surface area contributed by atoms with Crippen molar-refractivity contribution in [3.8, 4) is 0 Å². The minimum absolute atomic E-state index is 0.0868. The summed E-state index contributed by atoms with van der Waals surface area (Å²) >= 11 is 1.59. The predicted molar refractivity (Wildman–Crippen MR) is 56.9 cm³/mol. The standard InChI is InChI=1S/C9H12N2OS/c1-6(12)11-7-3-4-9(13-2)8(10)5-7/h3-5H,10H2,1-2H3,(H,11,12). The Kier molecular flexibility index (Phi) is 3.19. The van der Waals surface area contributed by atoms with Crippen molar-refractivity contribution in [2.45, 2.75) is 11.8 Å². The molecule has 1 aromatic carbocycles. The Morgan fingerprint density at radius 1 is 1.54 bits per heavy atom. The summed E-state index contributed by atoms with van der Waals surface area (Å²) in [4.78, 5) is 11.7. The topological polar surface area (TPSA) is 55.1 Å². The van der Waals surface area contributed by atoms with Gasteiger partial charge in [0.1, 0.15) is 0 Å². The zero-order valence-electron chi connectivity index (χ0n) is 7.63. The van der Waals surface area contributed by atoms with E-state index in [1.165, 1.54) is 6.92 Å². The largest absolute Gasteiger partial charge is 0.398 e. The van der Waals surface area contributed by atoms with Crippen LogP contribution in [0.2, 0.25) is 0 Å². The van der Waals surface area contributed by atoms with Crippen LogP contribution in [0.5, 0.6) is 0 Å². The first-order chi connectivity index (χ1) is 6.13. The molecular weight excluding hydrogens is 184 g/mol. The quantitative estimate of drug-likeness (QED) is 0.561. The number of hydrogen-bond donors (Lipinski definition) is 2.